The van der Waals surface area contributed by atoms with E-state index in [4.69, 9.17) is 38.8 Å². The zero-order valence-electron chi connectivity index (χ0n) is 8.04. The average Bonchev–Trinajstić information content (AvgIpc) is 2.28. The van der Waals surface area contributed by atoms with Crippen molar-refractivity contribution in [2.75, 3.05) is 0 Å². The van der Waals surface area contributed by atoms with Gasteiger partial charge in [0, 0.05) is 15.6 Å². The van der Waals surface area contributed by atoms with E-state index < -0.39 is 0 Å². The molecule has 0 aliphatic heterocycles. The molecule has 5 heteroatoms. The predicted octanol–water partition coefficient (Wildman–Crippen LogP) is 2.92. The highest BCUT2D eigenvalue weighted by Crippen LogP contribution is 2.28. The maximum Gasteiger partial charge on any atom is 0.130 e. The lowest BCUT2D eigenvalue weighted by atomic mass is 10.1. The highest BCUT2D eigenvalue weighted by Gasteiger charge is 2.07. The first kappa shape index (κ1) is 12.5. The van der Waals surface area contributed by atoms with Crippen LogP contribution in [0.3, 0.4) is 0 Å². The molecule has 0 amide bonds. The van der Waals surface area contributed by atoms with Crippen LogP contribution in [0.1, 0.15) is 11.1 Å². The molecule has 0 saturated carbocycles. The first-order valence-corrected chi connectivity index (χ1v) is 4.98. The molecule has 0 bridgehead atoms. The van der Waals surface area contributed by atoms with Crippen LogP contribution in [-0.2, 0) is 6.61 Å². The van der Waals surface area contributed by atoms with Gasteiger partial charge in [-0.05, 0) is 23.8 Å². The first-order chi connectivity index (χ1) is 7.62. The largest absolute Gasteiger partial charge is 0.392 e. The summed E-state index contributed by atoms with van der Waals surface area (Å²) in [4.78, 5) is 0. The second-order valence-electron chi connectivity index (χ2n) is 2.91. The van der Waals surface area contributed by atoms with Crippen LogP contribution in [0.4, 0.5) is 0 Å². The Morgan fingerprint density at radius 2 is 1.75 bits per heavy atom. The summed E-state index contributed by atoms with van der Waals surface area (Å²) in [7, 11) is 0. The Kier molecular flexibility index (Phi) is 4.34. The summed E-state index contributed by atoms with van der Waals surface area (Å²) in [6.07, 6.45) is 1.31. The third kappa shape index (κ3) is 2.74. The fraction of sp³-hybridized carbons (Fsp3) is 0.0909. The van der Waals surface area contributed by atoms with Crippen molar-refractivity contribution in [2.45, 2.75) is 6.61 Å². The normalized spacial score (nSPS) is 9.06. The van der Waals surface area contributed by atoms with Crippen molar-refractivity contribution in [1.29, 1.82) is 10.5 Å². The minimum atomic E-state index is -0.174. The van der Waals surface area contributed by atoms with E-state index in [9.17, 15) is 0 Å². The van der Waals surface area contributed by atoms with Gasteiger partial charge in [0.25, 0.3) is 0 Å². The number of benzene rings is 1. The molecule has 0 fully saturated rings. The topological polar surface area (TPSA) is 67.8 Å². The molecular weight excluding hydrogens is 247 g/mol. The summed E-state index contributed by atoms with van der Waals surface area (Å²) < 4.78 is 0. The van der Waals surface area contributed by atoms with E-state index in [1.807, 2.05) is 0 Å². The van der Waals surface area contributed by atoms with Gasteiger partial charge in [0.15, 0.2) is 0 Å². The van der Waals surface area contributed by atoms with E-state index in [1.54, 1.807) is 12.1 Å². The number of aliphatic hydroxyl groups is 1. The second kappa shape index (κ2) is 5.53. The summed E-state index contributed by atoms with van der Waals surface area (Å²) in [5.74, 6) is 0. The van der Waals surface area contributed by atoms with Crippen LogP contribution in [0.15, 0.2) is 17.7 Å². The molecule has 0 saturated heterocycles. The molecule has 0 radical (unpaired) electrons. The van der Waals surface area contributed by atoms with Crippen molar-refractivity contribution >= 4 is 29.3 Å². The standard InChI is InChI=1S/C11H6Cl2N2O/c12-10-2-7(6-16)3-11(13)9(10)1-8(4-14)5-15/h1-3,16H,6H2. The average molecular weight is 253 g/mol. The molecule has 80 valence electrons. The SMILES string of the molecule is N#CC(C#N)=Cc1c(Cl)cc(CO)cc1Cl. The highest BCUT2D eigenvalue weighted by molar-refractivity contribution is 6.37. The van der Waals surface area contributed by atoms with Crippen LogP contribution < -0.4 is 0 Å². The third-order valence-corrected chi connectivity index (χ3v) is 2.48. The molecular formula is C11H6Cl2N2O. The monoisotopic (exact) mass is 252 g/mol. The van der Waals surface area contributed by atoms with Gasteiger partial charge in [-0.1, -0.05) is 23.2 Å². The summed E-state index contributed by atoms with van der Waals surface area (Å²) in [5.41, 5.74) is 0.891. The lowest BCUT2D eigenvalue weighted by Gasteiger charge is -2.04. The Bertz CT molecular complexity index is 485. The lowest BCUT2D eigenvalue weighted by Crippen LogP contribution is -1.87. The van der Waals surface area contributed by atoms with Crippen molar-refractivity contribution < 1.29 is 5.11 Å². The minimum absolute atomic E-state index is 0.0828. The van der Waals surface area contributed by atoms with Gasteiger partial charge in [-0.25, -0.2) is 0 Å². The van der Waals surface area contributed by atoms with Crippen LogP contribution in [0.2, 0.25) is 10.0 Å². The summed E-state index contributed by atoms with van der Waals surface area (Å²) in [6, 6.07) is 6.50. The quantitative estimate of drug-likeness (QED) is 0.824. The van der Waals surface area contributed by atoms with Crippen molar-refractivity contribution in [3.8, 4) is 12.1 Å². The maximum absolute atomic E-state index is 8.91. The Balaban J connectivity index is 3.33. The molecule has 0 aromatic heterocycles. The molecule has 1 aromatic rings. The van der Waals surface area contributed by atoms with Gasteiger partial charge in [-0.15, -0.1) is 0 Å². The Labute approximate surface area is 103 Å². The summed E-state index contributed by atoms with van der Waals surface area (Å²) in [6.45, 7) is -0.174. The zero-order valence-corrected chi connectivity index (χ0v) is 9.55. The van der Waals surface area contributed by atoms with Gasteiger partial charge < -0.3 is 5.11 Å². The highest BCUT2D eigenvalue weighted by atomic mass is 35.5. The van der Waals surface area contributed by atoms with Gasteiger partial charge >= 0.3 is 0 Å². The molecule has 1 aromatic carbocycles. The number of allylic oxidation sites excluding steroid dienone is 1. The molecule has 1 N–H and O–H groups in total. The molecule has 1 rings (SSSR count). The molecule has 0 aliphatic carbocycles. The molecule has 16 heavy (non-hydrogen) atoms. The molecule has 0 heterocycles. The van der Waals surface area contributed by atoms with E-state index in [-0.39, 0.29) is 12.2 Å². The fourth-order valence-corrected chi connectivity index (χ4v) is 1.74. The van der Waals surface area contributed by atoms with E-state index in [2.05, 4.69) is 0 Å². The molecule has 0 unspecified atom stereocenters. The van der Waals surface area contributed by atoms with Crippen LogP contribution in [0.5, 0.6) is 0 Å². The van der Waals surface area contributed by atoms with Gasteiger partial charge in [0.2, 0.25) is 0 Å². The smallest absolute Gasteiger partial charge is 0.130 e. The van der Waals surface area contributed by atoms with Crippen molar-refractivity contribution in [1.82, 2.24) is 0 Å². The molecule has 3 nitrogen and oxygen atoms in total. The van der Waals surface area contributed by atoms with Crippen LogP contribution in [0, 0.1) is 22.7 Å². The number of rotatable bonds is 2. The fourth-order valence-electron chi connectivity index (χ4n) is 1.10. The van der Waals surface area contributed by atoms with Crippen LogP contribution >= 0.6 is 23.2 Å². The molecule has 0 spiro atoms. The third-order valence-electron chi connectivity index (χ3n) is 1.85. The van der Waals surface area contributed by atoms with E-state index in [1.165, 1.54) is 18.2 Å². The second-order valence-corrected chi connectivity index (χ2v) is 3.73. The first-order valence-electron chi connectivity index (χ1n) is 4.23. The number of nitrogens with zero attached hydrogens (tertiary/aromatic N) is 2. The molecule has 0 aliphatic rings. The molecule has 0 atom stereocenters. The van der Waals surface area contributed by atoms with Gasteiger partial charge in [0.05, 0.1) is 6.61 Å². The summed E-state index contributed by atoms with van der Waals surface area (Å²) in [5, 5.41) is 26.7. The number of hydrogen-bond donors (Lipinski definition) is 1. The number of halogens is 2. The Morgan fingerprint density at radius 1 is 1.25 bits per heavy atom. The van der Waals surface area contributed by atoms with Gasteiger partial charge in [-0.3, -0.25) is 0 Å². The van der Waals surface area contributed by atoms with E-state index >= 15 is 0 Å². The van der Waals surface area contributed by atoms with Gasteiger partial charge in [0.1, 0.15) is 17.7 Å². The lowest BCUT2D eigenvalue weighted by molar-refractivity contribution is 0.282. The van der Waals surface area contributed by atoms with Crippen molar-refractivity contribution in [2.24, 2.45) is 0 Å². The Morgan fingerprint density at radius 3 is 2.12 bits per heavy atom. The van der Waals surface area contributed by atoms with E-state index in [0.29, 0.717) is 21.2 Å². The number of hydrogen-bond acceptors (Lipinski definition) is 3. The zero-order chi connectivity index (χ0) is 12.1. The van der Waals surface area contributed by atoms with Gasteiger partial charge in [-0.2, -0.15) is 10.5 Å². The number of aliphatic hydroxyl groups excluding tert-OH is 1. The predicted molar refractivity (Wildman–Crippen MR) is 61.6 cm³/mol. The maximum atomic E-state index is 8.91. The van der Waals surface area contributed by atoms with E-state index in [0.717, 1.165) is 0 Å². The minimum Gasteiger partial charge on any atom is -0.392 e. The van der Waals surface area contributed by atoms with Crippen molar-refractivity contribution in [3.05, 3.63) is 38.9 Å². The van der Waals surface area contributed by atoms with Crippen molar-refractivity contribution in [3.63, 3.8) is 0 Å². The van der Waals surface area contributed by atoms with Crippen LogP contribution in [-0.4, -0.2) is 5.11 Å². The number of nitriles is 2. The van der Waals surface area contributed by atoms with Crippen LogP contribution in [0.25, 0.3) is 6.08 Å². The Hall–Kier alpha value is -1.52. The summed E-state index contributed by atoms with van der Waals surface area (Å²) >= 11 is 11.8.